The van der Waals surface area contributed by atoms with Crippen LogP contribution in [0.15, 0.2) is 36.7 Å². The van der Waals surface area contributed by atoms with Gasteiger partial charge in [0, 0.05) is 13.1 Å². The number of nitrogens with zero attached hydrogens (tertiary/aromatic N) is 4. The summed E-state index contributed by atoms with van der Waals surface area (Å²) in [5.74, 6) is 0.484. The van der Waals surface area contributed by atoms with Gasteiger partial charge in [0.1, 0.15) is 22.5 Å². The van der Waals surface area contributed by atoms with Crippen molar-refractivity contribution in [3.05, 3.63) is 58.3 Å². The summed E-state index contributed by atoms with van der Waals surface area (Å²) in [6.07, 6.45) is 5.07. The van der Waals surface area contributed by atoms with E-state index in [1.165, 1.54) is 29.7 Å². The number of halogens is 2. The van der Waals surface area contributed by atoms with Gasteiger partial charge >= 0.3 is 0 Å². The molecule has 3 heterocycles. The van der Waals surface area contributed by atoms with Crippen LogP contribution in [0, 0.1) is 18.7 Å². The molecule has 4 rings (SSSR count). The lowest BCUT2D eigenvalue weighted by molar-refractivity contribution is 0.0535. The van der Waals surface area contributed by atoms with E-state index in [2.05, 4.69) is 27.2 Å². The van der Waals surface area contributed by atoms with E-state index in [9.17, 15) is 9.18 Å². The van der Waals surface area contributed by atoms with E-state index in [1.807, 2.05) is 11.8 Å². The normalized spacial score (nSPS) is 18.8. The van der Waals surface area contributed by atoms with E-state index in [1.54, 1.807) is 18.3 Å². The fraction of sp³-hybridized carbons (Fsp3) is 0.364. The molecular formula is C22H23ClFN5OS. The second-order valence-corrected chi connectivity index (χ2v) is 9.30. The highest BCUT2D eigenvalue weighted by molar-refractivity contribution is 7.15. The smallest absolute Gasteiger partial charge is 0.274 e. The molecule has 0 radical (unpaired) electrons. The number of hydrogen-bond acceptors (Lipinski definition) is 6. The summed E-state index contributed by atoms with van der Waals surface area (Å²) in [6.45, 7) is 5.24. The second-order valence-electron chi connectivity index (χ2n) is 7.71. The molecule has 0 spiro atoms. The van der Waals surface area contributed by atoms with E-state index in [0.717, 1.165) is 28.3 Å². The number of piperidine rings is 1. The number of thiazole rings is 1. The van der Waals surface area contributed by atoms with E-state index in [-0.39, 0.29) is 17.8 Å². The van der Waals surface area contributed by atoms with Gasteiger partial charge in [0.25, 0.3) is 5.91 Å². The summed E-state index contributed by atoms with van der Waals surface area (Å²) in [5.41, 5.74) is 1.22. The largest absolute Gasteiger partial charge is 0.367 e. The predicted octanol–water partition coefficient (Wildman–Crippen LogP) is 5.05. The Balaban J connectivity index is 1.59. The van der Waals surface area contributed by atoms with Gasteiger partial charge in [-0.2, -0.15) is 0 Å². The molecule has 1 aliphatic heterocycles. The molecule has 2 atom stereocenters. The fourth-order valence-corrected chi connectivity index (χ4v) is 5.02. The lowest BCUT2D eigenvalue weighted by atomic mass is 9.90. The molecule has 0 saturated carbocycles. The van der Waals surface area contributed by atoms with Crippen LogP contribution in [-0.2, 0) is 0 Å². The molecule has 3 aromatic rings. The van der Waals surface area contributed by atoms with Crippen LogP contribution in [0.3, 0.4) is 0 Å². The molecule has 1 amide bonds. The zero-order chi connectivity index (χ0) is 22.0. The van der Waals surface area contributed by atoms with Gasteiger partial charge in [-0.1, -0.05) is 30.7 Å². The lowest BCUT2D eigenvalue weighted by Crippen LogP contribution is -2.51. The third-order valence-corrected chi connectivity index (χ3v) is 6.72. The Hall–Kier alpha value is -2.58. The van der Waals surface area contributed by atoms with Crippen molar-refractivity contribution in [3.63, 3.8) is 0 Å². The average molecular weight is 460 g/mol. The highest BCUT2D eigenvalue weighted by Crippen LogP contribution is 2.33. The number of nitrogens with one attached hydrogen (secondary N) is 1. The van der Waals surface area contributed by atoms with Gasteiger partial charge in [-0.3, -0.25) is 9.78 Å². The Labute approximate surface area is 189 Å². The van der Waals surface area contributed by atoms with Crippen LogP contribution < -0.4 is 5.32 Å². The molecule has 0 bridgehead atoms. The van der Waals surface area contributed by atoms with Crippen LogP contribution in [-0.4, -0.2) is 44.9 Å². The van der Waals surface area contributed by atoms with Crippen molar-refractivity contribution < 1.29 is 9.18 Å². The van der Waals surface area contributed by atoms with Crippen LogP contribution in [0.25, 0.3) is 10.4 Å². The first-order chi connectivity index (χ1) is 14.9. The second kappa shape index (κ2) is 9.28. The van der Waals surface area contributed by atoms with Gasteiger partial charge in [0.05, 0.1) is 28.3 Å². The highest BCUT2D eigenvalue weighted by atomic mass is 35.5. The van der Waals surface area contributed by atoms with Crippen molar-refractivity contribution in [3.8, 4) is 10.4 Å². The Morgan fingerprint density at radius 1 is 1.29 bits per heavy atom. The molecule has 1 aliphatic rings. The van der Waals surface area contributed by atoms with Crippen molar-refractivity contribution in [2.45, 2.75) is 32.7 Å². The number of hydrogen-bond donors (Lipinski definition) is 1. The van der Waals surface area contributed by atoms with E-state index >= 15 is 0 Å². The number of amides is 1. The molecule has 1 fully saturated rings. The van der Waals surface area contributed by atoms with Gasteiger partial charge in [0.15, 0.2) is 0 Å². The summed E-state index contributed by atoms with van der Waals surface area (Å²) in [7, 11) is 0. The Morgan fingerprint density at radius 2 is 2.06 bits per heavy atom. The zero-order valence-corrected chi connectivity index (χ0v) is 18.9. The fourth-order valence-electron chi connectivity index (χ4n) is 3.95. The molecule has 31 heavy (non-hydrogen) atoms. The van der Waals surface area contributed by atoms with Gasteiger partial charge in [-0.25, -0.2) is 14.4 Å². The van der Waals surface area contributed by atoms with Crippen molar-refractivity contribution in [2.24, 2.45) is 5.92 Å². The third kappa shape index (κ3) is 4.85. The predicted molar refractivity (Wildman–Crippen MR) is 121 cm³/mol. The van der Waals surface area contributed by atoms with Gasteiger partial charge < -0.3 is 10.2 Å². The van der Waals surface area contributed by atoms with Crippen LogP contribution >= 0.6 is 22.9 Å². The maximum Gasteiger partial charge on any atom is 0.274 e. The highest BCUT2D eigenvalue weighted by Gasteiger charge is 2.34. The number of aryl methyl sites for hydroxylation is 1. The van der Waals surface area contributed by atoms with Crippen molar-refractivity contribution >= 4 is 34.7 Å². The average Bonchev–Trinajstić information content (AvgIpc) is 3.14. The number of aromatic nitrogens is 3. The molecule has 1 aromatic carbocycles. The maximum atomic E-state index is 13.6. The van der Waals surface area contributed by atoms with E-state index < -0.39 is 0 Å². The van der Waals surface area contributed by atoms with E-state index in [0.29, 0.717) is 35.7 Å². The van der Waals surface area contributed by atoms with Gasteiger partial charge in [0.2, 0.25) is 0 Å². The Morgan fingerprint density at radius 3 is 2.81 bits per heavy atom. The number of rotatable bonds is 5. The first-order valence-corrected chi connectivity index (χ1v) is 11.4. The van der Waals surface area contributed by atoms with Crippen molar-refractivity contribution in [1.82, 2.24) is 19.9 Å². The summed E-state index contributed by atoms with van der Waals surface area (Å²) in [5, 5.41) is 4.39. The minimum Gasteiger partial charge on any atom is -0.367 e. The summed E-state index contributed by atoms with van der Waals surface area (Å²) < 4.78 is 13.4. The topological polar surface area (TPSA) is 71.0 Å². The number of likely N-dealkylation sites (tertiary alicyclic amines) is 1. The number of anilines is 1. The standard InChI is InChI=1S/C22H23ClFN5OS/c1-13-4-3-9-29(17(13)10-26-19-12-25-11-18(23)28-19)22(30)20-21(31-14(2)27-20)15-5-7-16(24)8-6-15/h5-8,11-13,17H,3-4,9-10H2,1-2H3,(H,26,28)/t13-,17?/m1/s1. The zero-order valence-electron chi connectivity index (χ0n) is 17.3. The first-order valence-electron chi connectivity index (χ1n) is 10.2. The molecule has 1 unspecified atom stereocenters. The van der Waals surface area contributed by atoms with Crippen LogP contribution in [0.1, 0.15) is 35.3 Å². The number of benzene rings is 1. The molecule has 6 nitrogen and oxygen atoms in total. The lowest BCUT2D eigenvalue weighted by Gasteiger charge is -2.40. The molecule has 162 valence electrons. The van der Waals surface area contributed by atoms with Crippen LogP contribution in [0.4, 0.5) is 10.2 Å². The molecular weight excluding hydrogens is 437 g/mol. The van der Waals surface area contributed by atoms with Gasteiger partial charge in [-0.05, 0) is 43.4 Å². The molecule has 1 N–H and O–H groups in total. The minimum atomic E-state index is -0.307. The molecule has 2 aromatic heterocycles. The minimum absolute atomic E-state index is 0.0231. The van der Waals surface area contributed by atoms with Crippen molar-refractivity contribution in [1.29, 1.82) is 0 Å². The summed E-state index contributed by atoms with van der Waals surface area (Å²) in [6, 6.07) is 6.16. The quantitative estimate of drug-likeness (QED) is 0.577. The monoisotopic (exact) mass is 459 g/mol. The molecule has 1 saturated heterocycles. The van der Waals surface area contributed by atoms with E-state index in [4.69, 9.17) is 11.6 Å². The van der Waals surface area contributed by atoms with Crippen molar-refractivity contribution in [2.75, 3.05) is 18.4 Å². The van der Waals surface area contributed by atoms with Crippen LogP contribution in [0.2, 0.25) is 5.15 Å². The first kappa shape index (κ1) is 21.6. The third-order valence-electron chi connectivity index (χ3n) is 5.52. The molecule has 0 aliphatic carbocycles. The molecule has 9 heteroatoms. The van der Waals surface area contributed by atoms with Gasteiger partial charge in [-0.15, -0.1) is 11.3 Å². The summed E-state index contributed by atoms with van der Waals surface area (Å²) in [4.78, 5) is 29.1. The SMILES string of the molecule is Cc1nc(C(=O)N2CCC[C@@H](C)C2CNc2cncc(Cl)n2)c(-c2ccc(F)cc2)s1. The Bertz CT molecular complexity index is 1070. The summed E-state index contributed by atoms with van der Waals surface area (Å²) >= 11 is 7.38. The van der Waals surface area contributed by atoms with Crippen LogP contribution in [0.5, 0.6) is 0 Å². The maximum absolute atomic E-state index is 13.6. The Kier molecular flexibility index (Phi) is 6.48. The number of carbonyl (C=O) groups is 1. The number of carbonyl (C=O) groups excluding carboxylic acids is 1.